The van der Waals surface area contributed by atoms with Crippen LogP contribution >= 0.6 is 0 Å². The minimum atomic E-state index is 0.180. The summed E-state index contributed by atoms with van der Waals surface area (Å²) in [5.41, 5.74) is 8.64. The van der Waals surface area contributed by atoms with Crippen molar-refractivity contribution < 1.29 is 9.47 Å². The molecule has 0 spiro atoms. The lowest BCUT2D eigenvalue weighted by Gasteiger charge is -2.12. The van der Waals surface area contributed by atoms with E-state index < -0.39 is 0 Å². The van der Waals surface area contributed by atoms with E-state index in [1.807, 2.05) is 6.07 Å². The molecule has 1 saturated carbocycles. The molecule has 0 bridgehead atoms. The number of aryl methyl sites for hydroxylation is 1. The summed E-state index contributed by atoms with van der Waals surface area (Å²) < 4.78 is 12.9. The van der Waals surface area contributed by atoms with E-state index in [0.717, 1.165) is 17.0 Å². The zero-order chi connectivity index (χ0) is 13.6. The van der Waals surface area contributed by atoms with Gasteiger partial charge in [-0.25, -0.2) is 0 Å². The monoisotopic (exact) mass is 260 g/mol. The summed E-state index contributed by atoms with van der Waals surface area (Å²) in [5.74, 6) is 1.54. The van der Waals surface area contributed by atoms with Crippen LogP contribution in [0.25, 0.3) is 10.9 Å². The number of nitrogens with two attached hydrogens (primary N) is 1. The summed E-state index contributed by atoms with van der Waals surface area (Å²) in [4.78, 5) is 0. The third kappa shape index (κ3) is 1.70. The first kappa shape index (κ1) is 12.4. The Morgan fingerprint density at radius 1 is 1.21 bits per heavy atom. The zero-order valence-electron chi connectivity index (χ0n) is 11.7. The van der Waals surface area contributed by atoms with E-state index in [-0.39, 0.29) is 5.41 Å². The van der Waals surface area contributed by atoms with Crippen LogP contribution in [-0.2, 0) is 12.5 Å². The van der Waals surface area contributed by atoms with Gasteiger partial charge in [0.25, 0.3) is 0 Å². The Hall–Kier alpha value is -1.68. The molecule has 0 amide bonds. The highest BCUT2D eigenvalue weighted by molar-refractivity contribution is 5.89. The molecule has 4 heteroatoms. The highest BCUT2D eigenvalue weighted by Gasteiger charge is 2.44. The second-order valence-electron chi connectivity index (χ2n) is 5.36. The van der Waals surface area contributed by atoms with Crippen LogP contribution in [0.2, 0.25) is 0 Å². The molecule has 1 fully saturated rings. The smallest absolute Gasteiger partial charge is 0.162 e. The molecule has 0 saturated heterocycles. The largest absolute Gasteiger partial charge is 0.493 e. The summed E-state index contributed by atoms with van der Waals surface area (Å²) in [7, 11) is 5.39. The van der Waals surface area contributed by atoms with Crippen LogP contribution in [0, 0.1) is 0 Å². The molecule has 1 aliphatic rings. The van der Waals surface area contributed by atoms with Gasteiger partial charge in [-0.2, -0.15) is 0 Å². The molecule has 1 heterocycles. The van der Waals surface area contributed by atoms with E-state index in [9.17, 15) is 0 Å². The van der Waals surface area contributed by atoms with Crippen molar-refractivity contribution in [2.45, 2.75) is 18.3 Å². The van der Waals surface area contributed by atoms with Crippen molar-refractivity contribution in [1.82, 2.24) is 4.57 Å². The van der Waals surface area contributed by atoms with Crippen LogP contribution in [-0.4, -0.2) is 25.3 Å². The quantitative estimate of drug-likeness (QED) is 0.916. The molecule has 1 aliphatic carbocycles. The van der Waals surface area contributed by atoms with Crippen molar-refractivity contribution in [1.29, 1.82) is 0 Å². The Morgan fingerprint density at radius 2 is 1.84 bits per heavy atom. The fourth-order valence-electron chi connectivity index (χ4n) is 2.87. The molecular weight excluding hydrogens is 240 g/mol. The summed E-state index contributed by atoms with van der Waals surface area (Å²) in [6.07, 6.45) is 4.55. The normalized spacial score (nSPS) is 16.6. The molecule has 0 aliphatic heterocycles. The highest BCUT2D eigenvalue weighted by atomic mass is 16.5. The predicted molar refractivity (Wildman–Crippen MR) is 76.0 cm³/mol. The number of nitrogens with zero attached hydrogens (tertiary/aromatic N) is 1. The Morgan fingerprint density at radius 3 is 2.37 bits per heavy atom. The van der Waals surface area contributed by atoms with Gasteiger partial charge >= 0.3 is 0 Å². The lowest BCUT2D eigenvalue weighted by atomic mass is 9.95. The molecule has 102 valence electrons. The van der Waals surface area contributed by atoms with Crippen LogP contribution in [0.4, 0.5) is 0 Å². The number of hydrogen-bond acceptors (Lipinski definition) is 3. The fourth-order valence-corrected chi connectivity index (χ4v) is 2.87. The molecule has 0 atom stereocenters. The van der Waals surface area contributed by atoms with E-state index in [2.05, 4.69) is 23.9 Å². The van der Waals surface area contributed by atoms with Gasteiger partial charge in [0.1, 0.15) is 0 Å². The van der Waals surface area contributed by atoms with E-state index in [4.69, 9.17) is 15.2 Å². The minimum Gasteiger partial charge on any atom is -0.493 e. The Balaban J connectivity index is 2.25. The van der Waals surface area contributed by atoms with Gasteiger partial charge in [-0.05, 0) is 24.5 Å². The first-order valence-corrected chi connectivity index (χ1v) is 6.57. The molecule has 1 aromatic heterocycles. The van der Waals surface area contributed by atoms with Gasteiger partial charge in [-0.15, -0.1) is 0 Å². The first-order chi connectivity index (χ1) is 9.15. The van der Waals surface area contributed by atoms with Crippen LogP contribution in [0.3, 0.4) is 0 Å². The van der Waals surface area contributed by atoms with Gasteiger partial charge in [-0.3, -0.25) is 0 Å². The zero-order valence-corrected chi connectivity index (χ0v) is 11.7. The van der Waals surface area contributed by atoms with Gasteiger partial charge < -0.3 is 19.8 Å². The van der Waals surface area contributed by atoms with Crippen molar-refractivity contribution in [2.24, 2.45) is 12.8 Å². The third-order valence-corrected chi connectivity index (χ3v) is 4.31. The van der Waals surface area contributed by atoms with Gasteiger partial charge in [0.15, 0.2) is 11.5 Å². The summed E-state index contributed by atoms with van der Waals surface area (Å²) >= 11 is 0. The molecule has 3 rings (SSSR count). The molecule has 19 heavy (non-hydrogen) atoms. The van der Waals surface area contributed by atoms with Crippen molar-refractivity contribution in [3.63, 3.8) is 0 Å². The number of hydrogen-bond donors (Lipinski definition) is 1. The lowest BCUT2D eigenvalue weighted by Crippen LogP contribution is -2.19. The van der Waals surface area contributed by atoms with Gasteiger partial charge in [0, 0.05) is 36.7 Å². The predicted octanol–water partition coefficient (Wildman–Crippen LogP) is 2.19. The Kier molecular flexibility index (Phi) is 2.71. The van der Waals surface area contributed by atoms with Crippen LogP contribution in [0.5, 0.6) is 11.5 Å². The third-order valence-electron chi connectivity index (χ3n) is 4.31. The van der Waals surface area contributed by atoms with Gasteiger partial charge in [0.2, 0.25) is 0 Å². The number of benzene rings is 1. The van der Waals surface area contributed by atoms with E-state index in [1.54, 1.807) is 14.2 Å². The number of aromatic nitrogens is 1. The number of ether oxygens (including phenoxy) is 2. The molecule has 4 nitrogen and oxygen atoms in total. The standard InChI is InChI=1S/C15H20N2O2/c1-17-8-11(15(9-16)4-5-15)10-6-13(18-2)14(19-3)7-12(10)17/h6-8H,4-5,9,16H2,1-3H3. The molecule has 1 aromatic carbocycles. The Bertz CT molecular complexity index is 627. The van der Waals surface area contributed by atoms with Crippen LogP contribution < -0.4 is 15.2 Å². The molecular formula is C15H20N2O2. The first-order valence-electron chi connectivity index (χ1n) is 6.57. The lowest BCUT2D eigenvalue weighted by molar-refractivity contribution is 0.355. The van der Waals surface area contributed by atoms with E-state index in [1.165, 1.54) is 23.8 Å². The average Bonchev–Trinajstić information content (AvgIpc) is 3.17. The number of methoxy groups -OCH3 is 2. The van der Waals surface area contributed by atoms with Crippen molar-refractivity contribution in [3.05, 3.63) is 23.9 Å². The van der Waals surface area contributed by atoms with Gasteiger partial charge in [0.05, 0.1) is 19.7 Å². The van der Waals surface area contributed by atoms with Crippen LogP contribution in [0.1, 0.15) is 18.4 Å². The topological polar surface area (TPSA) is 49.4 Å². The maximum atomic E-state index is 5.96. The number of fused-ring (bicyclic) bond motifs is 1. The maximum absolute atomic E-state index is 5.96. The molecule has 2 N–H and O–H groups in total. The van der Waals surface area contributed by atoms with Crippen molar-refractivity contribution >= 4 is 10.9 Å². The number of rotatable bonds is 4. The van der Waals surface area contributed by atoms with Crippen molar-refractivity contribution in [2.75, 3.05) is 20.8 Å². The summed E-state index contributed by atoms with van der Waals surface area (Å²) in [6, 6.07) is 4.10. The second kappa shape index (κ2) is 4.17. The molecule has 2 aromatic rings. The molecule has 0 unspecified atom stereocenters. The van der Waals surface area contributed by atoms with Gasteiger partial charge in [-0.1, -0.05) is 0 Å². The van der Waals surface area contributed by atoms with Crippen LogP contribution in [0.15, 0.2) is 18.3 Å². The molecule has 0 radical (unpaired) electrons. The highest BCUT2D eigenvalue weighted by Crippen LogP contribution is 2.50. The summed E-state index contributed by atoms with van der Waals surface area (Å²) in [5, 5.41) is 1.23. The van der Waals surface area contributed by atoms with Crippen molar-refractivity contribution in [3.8, 4) is 11.5 Å². The summed E-state index contributed by atoms with van der Waals surface area (Å²) in [6.45, 7) is 0.709. The SMILES string of the molecule is COc1cc2c(C3(CN)CC3)cn(C)c2cc1OC. The van der Waals surface area contributed by atoms with E-state index >= 15 is 0 Å². The Labute approximate surface area is 113 Å². The average molecular weight is 260 g/mol. The minimum absolute atomic E-state index is 0.180. The maximum Gasteiger partial charge on any atom is 0.162 e. The van der Waals surface area contributed by atoms with E-state index in [0.29, 0.717) is 6.54 Å². The fraction of sp³-hybridized carbons (Fsp3) is 0.467. The second-order valence-corrected chi connectivity index (χ2v) is 5.36.